The molecule has 6 heteroatoms. The maximum Gasteiger partial charge on any atom is 0.147 e. The monoisotopic (exact) mass is 170 g/mol. The van der Waals surface area contributed by atoms with Gasteiger partial charge >= 0.3 is 0 Å². The summed E-state index contributed by atoms with van der Waals surface area (Å²) in [4.78, 5) is 0. The Bertz CT molecular complexity index is 219. The Morgan fingerprint density at radius 2 is 2.58 bits per heavy atom. The topological polar surface area (TPSA) is 62.1 Å². The third-order valence-electron chi connectivity index (χ3n) is 1.75. The third-order valence-corrected chi connectivity index (χ3v) is 1.75. The number of nitrogens with zero attached hydrogens (tertiary/aromatic N) is 4. The minimum Gasteiger partial charge on any atom is -0.355 e. The predicted octanol–water partition coefficient (Wildman–Crippen LogP) is -0.564. The van der Waals surface area contributed by atoms with Crippen LogP contribution in [0.5, 0.6) is 0 Å². The molecule has 1 fully saturated rings. The van der Waals surface area contributed by atoms with Gasteiger partial charge in [0.25, 0.3) is 0 Å². The number of hydrogen-bond donors (Lipinski definition) is 0. The van der Waals surface area contributed by atoms with E-state index >= 15 is 0 Å². The number of tetrazole rings is 1. The summed E-state index contributed by atoms with van der Waals surface area (Å²) in [6.45, 7) is 1.84. The normalized spacial score (nSPS) is 24.2. The fraction of sp³-hybridized carbons (Fsp3) is 0.833. The molecule has 0 amide bonds. The van der Waals surface area contributed by atoms with Crippen molar-refractivity contribution in [3.63, 3.8) is 0 Å². The second-order valence-corrected chi connectivity index (χ2v) is 2.64. The molecule has 6 nitrogen and oxygen atoms in total. The summed E-state index contributed by atoms with van der Waals surface area (Å²) in [5.74, 6) is 0. The van der Waals surface area contributed by atoms with E-state index in [0.29, 0.717) is 13.3 Å². The average molecular weight is 170 g/mol. The summed E-state index contributed by atoms with van der Waals surface area (Å²) < 4.78 is 12.0. The van der Waals surface area contributed by atoms with Crippen molar-refractivity contribution >= 4 is 0 Å². The van der Waals surface area contributed by atoms with Crippen LogP contribution in [0.1, 0.15) is 6.42 Å². The Morgan fingerprint density at radius 3 is 3.25 bits per heavy atom. The SMILES string of the molecule is c1nnnn1C[C@@H]1CCOCO1. The van der Waals surface area contributed by atoms with Crippen LogP contribution in [0.15, 0.2) is 6.33 Å². The lowest BCUT2D eigenvalue weighted by molar-refractivity contribution is -0.143. The predicted molar refractivity (Wildman–Crippen MR) is 38.1 cm³/mol. The summed E-state index contributed by atoms with van der Waals surface area (Å²) in [5, 5.41) is 10.8. The van der Waals surface area contributed by atoms with Crippen LogP contribution in [0.2, 0.25) is 0 Å². The molecule has 1 atom stereocenters. The lowest BCUT2D eigenvalue weighted by Gasteiger charge is -2.21. The molecular formula is C6H10N4O2. The fourth-order valence-corrected chi connectivity index (χ4v) is 1.12. The fourth-order valence-electron chi connectivity index (χ4n) is 1.12. The van der Waals surface area contributed by atoms with Crippen molar-refractivity contribution < 1.29 is 9.47 Å². The zero-order valence-corrected chi connectivity index (χ0v) is 6.59. The van der Waals surface area contributed by atoms with E-state index in [1.54, 1.807) is 11.0 Å². The highest BCUT2D eigenvalue weighted by Gasteiger charge is 2.14. The van der Waals surface area contributed by atoms with Crippen LogP contribution in [0.25, 0.3) is 0 Å². The molecule has 66 valence electrons. The van der Waals surface area contributed by atoms with Crippen molar-refractivity contribution in [2.24, 2.45) is 0 Å². The van der Waals surface area contributed by atoms with Gasteiger partial charge in [0.1, 0.15) is 13.1 Å². The van der Waals surface area contributed by atoms with Crippen LogP contribution >= 0.6 is 0 Å². The lowest BCUT2D eigenvalue weighted by Crippen LogP contribution is -2.28. The van der Waals surface area contributed by atoms with Crippen molar-refractivity contribution in [1.82, 2.24) is 20.2 Å². The average Bonchev–Trinajstić information content (AvgIpc) is 2.59. The molecule has 1 aromatic rings. The summed E-state index contributed by atoms with van der Waals surface area (Å²) in [5.41, 5.74) is 0. The van der Waals surface area contributed by atoms with E-state index in [1.165, 1.54) is 0 Å². The zero-order chi connectivity index (χ0) is 8.23. The first-order chi connectivity index (χ1) is 5.95. The number of hydrogen-bond acceptors (Lipinski definition) is 5. The van der Waals surface area contributed by atoms with E-state index in [-0.39, 0.29) is 6.10 Å². The van der Waals surface area contributed by atoms with E-state index in [2.05, 4.69) is 15.5 Å². The van der Waals surface area contributed by atoms with Gasteiger partial charge in [-0.2, -0.15) is 0 Å². The molecule has 1 aliphatic rings. The Kier molecular flexibility index (Phi) is 2.28. The van der Waals surface area contributed by atoms with Gasteiger partial charge in [0.2, 0.25) is 0 Å². The minimum absolute atomic E-state index is 0.183. The van der Waals surface area contributed by atoms with Gasteiger partial charge in [0, 0.05) is 0 Å². The number of aromatic nitrogens is 4. The highest BCUT2D eigenvalue weighted by molar-refractivity contribution is 4.60. The molecule has 1 aromatic heterocycles. The molecule has 12 heavy (non-hydrogen) atoms. The van der Waals surface area contributed by atoms with Gasteiger partial charge in [-0.3, -0.25) is 0 Å². The molecule has 2 heterocycles. The molecule has 0 radical (unpaired) electrons. The van der Waals surface area contributed by atoms with Gasteiger partial charge in [0.05, 0.1) is 19.3 Å². The standard InChI is InChI=1S/C6H10N4O2/c1-2-11-5-12-6(1)3-10-4-7-8-9-10/h4,6H,1-3,5H2/t6-/m0/s1. The smallest absolute Gasteiger partial charge is 0.147 e. The van der Waals surface area contributed by atoms with E-state index in [4.69, 9.17) is 9.47 Å². The van der Waals surface area contributed by atoms with Gasteiger partial charge in [-0.25, -0.2) is 4.68 Å². The maximum absolute atomic E-state index is 5.31. The Labute approximate surface area is 69.5 Å². The molecule has 0 bridgehead atoms. The summed E-state index contributed by atoms with van der Waals surface area (Å²) in [6.07, 6.45) is 2.67. The van der Waals surface area contributed by atoms with E-state index in [0.717, 1.165) is 13.0 Å². The van der Waals surface area contributed by atoms with Crippen molar-refractivity contribution in [1.29, 1.82) is 0 Å². The number of ether oxygens (including phenoxy) is 2. The first kappa shape index (κ1) is 7.63. The number of rotatable bonds is 2. The van der Waals surface area contributed by atoms with Gasteiger partial charge in [0.15, 0.2) is 0 Å². The van der Waals surface area contributed by atoms with Crippen molar-refractivity contribution in [2.45, 2.75) is 19.1 Å². The largest absolute Gasteiger partial charge is 0.355 e. The Balaban J connectivity index is 1.86. The highest BCUT2D eigenvalue weighted by atomic mass is 16.7. The van der Waals surface area contributed by atoms with Crippen LogP contribution in [0.4, 0.5) is 0 Å². The maximum atomic E-state index is 5.31. The van der Waals surface area contributed by atoms with E-state index in [9.17, 15) is 0 Å². The van der Waals surface area contributed by atoms with Crippen LogP contribution in [0, 0.1) is 0 Å². The summed E-state index contributed by atoms with van der Waals surface area (Å²) in [6, 6.07) is 0. The van der Waals surface area contributed by atoms with Gasteiger partial charge in [-0.1, -0.05) is 0 Å². The molecule has 0 aromatic carbocycles. The molecule has 1 saturated heterocycles. The molecule has 0 saturated carbocycles. The first-order valence-corrected chi connectivity index (χ1v) is 3.85. The van der Waals surface area contributed by atoms with E-state index in [1.807, 2.05) is 0 Å². The Morgan fingerprint density at radius 1 is 1.58 bits per heavy atom. The van der Waals surface area contributed by atoms with E-state index < -0.39 is 0 Å². The van der Waals surface area contributed by atoms with Crippen LogP contribution in [-0.4, -0.2) is 39.7 Å². The molecule has 0 aliphatic carbocycles. The Hall–Kier alpha value is -1.01. The minimum atomic E-state index is 0.183. The highest BCUT2D eigenvalue weighted by Crippen LogP contribution is 2.07. The third kappa shape index (κ3) is 1.77. The second kappa shape index (κ2) is 3.59. The first-order valence-electron chi connectivity index (χ1n) is 3.85. The second-order valence-electron chi connectivity index (χ2n) is 2.64. The molecule has 2 rings (SSSR count). The molecule has 1 aliphatic heterocycles. The van der Waals surface area contributed by atoms with Gasteiger partial charge < -0.3 is 9.47 Å². The molecule has 0 N–H and O–H groups in total. The summed E-state index contributed by atoms with van der Waals surface area (Å²) >= 11 is 0. The van der Waals surface area contributed by atoms with Crippen LogP contribution in [-0.2, 0) is 16.0 Å². The lowest BCUT2D eigenvalue weighted by atomic mass is 10.2. The van der Waals surface area contributed by atoms with Crippen LogP contribution < -0.4 is 0 Å². The van der Waals surface area contributed by atoms with Gasteiger partial charge in [-0.15, -0.1) is 5.10 Å². The van der Waals surface area contributed by atoms with Crippen LogP contribution in [0.3, 0.4) is 0 Å². The van der Waals surface area contributed by atoms with Gasteiger partial charge in [-0.05, 0) is 16.8 Å². The van der Waals surface area contributed by atoms with Crippen molar-refractivity contribution in [2.75, 3.05) is 13.4 Å². The molecule has 0 spiro atoms. The van der Waals surface area contributed by atoms with Crippen molar-refractivity contribution in [3.05, 3.63) is 6.33 Å². The quantitative estimate of drug-likeness (QED) is 0.595. The molecular weight excluding hydrogens is 160 g/mol. The zero-order valence-electron chi connectivity index (χ0n) is 6.59. The molecule has 0 unspecified atom stereocenters. The summed E-state index contributed by atoms with van der Waals surface area (Å²) in [7, 11) is 0. The van der Waals surface area contributed by atoms with Crippen molar-refractivity contribution in [3.8, 4) is 0 Å².